The smallest absolute Gasteiger partial charge is 0.342 e. The molecule has 0 aliphatic carbocycles. The van der Waals surface area contributed by atoms with Crippen LogP contribution in [0.5, 0.6) is 0 Å². The minimum Gasteiger partial charge on any atom is -0.342 e. The molecule has 1 atom stereocenters. The Morgan fingerprint density at radius 1 is 1.19 bits per heavy atom. The molecule has 1 amide bonds. The van der Waals surface area contributed by atoms with E-state index in [1.165, 1.54) is 10.5 Å². The van der Waals surface area contributed by atoms with E-state index >= 15 is 0 Å². The number of carbonyl (C=O) groups is 2. The summed E-state index contributed by atoms with van der Waals surface area (Å²) in [6, 6.07) is 4.14. The number of pyridine rings is 1. The second-order valence-electron chi connectivity index (χ2n) is 8.13. The van der Waals surface area contributed by atoms with Crippen LogP contribution in [0.1, 0.15) is 63.1 Å². The van der Waals surface area contributed by atoms with E-state index in [9.17, 15) is 22.8 Å². The molecule has 1 fully saturated rings. The molecule has 32 heavy (non-hydrogen) atoms. The summed E-state index contributed by atoms with van der Waals surface area (Å²) in [6.45, 7) is 4.75. The summed E-state index contributed by atoms with van der Waals surface area (Å²) < 4.78 is 40.8. The summed E-state index contributed by atoms with van der Waals surface area (Å²) in [5.74, 6) is 0.0297. The number of nitrogens with zero attached hydrogens (tertiary/aromatic N) is 4. The first-order chi connectivity index (χ1) is 15.1. The standard InChI is InChI=1S/C22H23F3N4O2S/c1-13-10-17(14(2)32-13)18(30)6-8-20(31)28-9-3-4-15(11-28)21-27-26-19-7-5-16(12-29(19)21)22(23,24)25/h5,7,10,12,15H,3-4,6,8-9,11H2,1-2H3. The monoisotopic (exact) mass is 464 g/mol. The maximum absolute atomic E-state index is 13.1. The zero-order valence-electron chi connectivity index (χ0n) is 17.8. The molecule has 0 bridgehead atoms. The SMILES string of the molecule is Cc1cc(C(=O)CCC(=O)N2CCCC(c3nnc4ccc(C(F)(F)F)cn34)C2)c(C)s1. The average molecular weight is 465 g/mol. The minimum atomic E-state index is -4.46. The lowest BCUT2D eigenvalue weighted by atomic mass is 9.96. The predicted molar refractivity (Wildman–Crippen MR) is 114 cm³/mol. The first kappa shape index (κ1) is 22.4. The van der Waals surface area contributed by atoms with E-state index < -0.39 is 11.7 Å². The van der Waals surface area contributed by atoms with Crippen molar-refractivity contribution < 1.29 is 22.8 Å². The Bertz CT molecular complexity index is 1170. The van der Waals surface area contributed by atoms with Gasteiger partial charge in [0.25, 0.3) is 0 Å². The van der Waals surface area contributed by atoms with Crippen LogP contribution in [0.15, 0.2) is 24.4 Å². The molecule has 1 unspecified atom stereocenters. The highest BCUT2D eigenvalue weighted by atomic mass is 32.1. The normalized spacial score (nSPS) is 17.2. The third-order valence-corrected chi connectivity index (χ3v) is 6.77. The first-order valence-corrected chi connectivity index (χ1v) is 11.2. The predicted octanol–water partition coefficient (Wildman–Crippen LogP) is 4.80. The van der Waals surface area contributed by atoms with Gasteiger partial charge in [-0.1, -0.05) is 0 Å². The number of Topliss-reactive ketones (excluding diaryl/α,β-unsaturated/α-hetero) is 1. The minimum absolute atomic E-state index is 0.0445. The van der Waals surface area contributed by atoms with Crippen molar-refractivity contribution in [1.29, 1.82) is 0 Å². The highest BCUT2D eigenvalue weighted by Gasteiger charge is 2.33. The van der Waals surface area contributed by atoms with Gasteiger partial charge in [-0.25, -0.2) is 0 Å². The Hall–Kier alpha value is -2.75. The van der Waals surface area contributed by atoms with Gasteiger partial charge in [0.2, 0.25) is 5.91 Å². The maximum Gasteiger partial charge on any atom is 0.417 e. The van der Waals surface area contributed by atoms with Gasteiger partial charge in [0.1, 0.15) is 5.82 Å². The zero-order valence-corrected chi connectivity index (χ0v) is 18.6. The Balaban J connectivity index is 1.45. The quantitative estimate of drug-likeness (QED) is 0.509. The largest absolute Gasteiger partial charge is 0.417 e. The summed E-state index contributed by atoms with van der Waals surface area (Å²) in [7, 11) is 0. The van der Waals surface area contributed by atoms with Crippen LogP contribution in [-0.4, -0.2) is 44.3 Å². The molecule has 0 saturated carbocycles. The van der Waals surface area contributed by atoms with Crippen LogP contribution in [0.3, 0.4) is 0 Å². The van der Waals surface area contributed by atoms with Crippen molar-refractivity contribution in [3.05, 3.63) is 51.1 Å². The van der Waals surface area contributed by atoms with E-state index in [-0.39, 0.29) is 30.4 Å². The fraction of sp³-hybridized carbons (Fsp3) is 0.455. The van der Waals surface area contributed by atoms with Crippen LogP contribution >= 0.6 is 11.3 Å². The molecule has 4 rings (SSSR count). The molecule has 10 heteroatoms. The van der Waals surface area contributed by atoms with E-state index in [0.717, 1.165) is 22.0 Å². The number of alkyl halides is 3. The topological polar surface area (TPSA) is 67.6 Å². The molecule has 3 aromatic rings. The van der Waals surface area contributed by atoms with Crippen molar-refractivity contribution in [2.24, 2.45) is 0 Å². The van der Waals surface area contributed by atoms with Gasteiger partial charge in [-0.05, 0) is 44.9 Å². The van der Waals surface area contributed by atoms with E-state index in [4.69, 9.17) is 0 Å². The van der Waals surface area contributed by atoms with Crippen molar-refractivity contribution in [2.45, 2.75) is 51.6 Å². The second-order valence-corrected chi connectivity index (χ2v) is 9.59. The van der Waals surface area contributed by atoms with E-state index in [1.54, 1.807) is 16.2 Å². The van der Waals surface area contributed by atoms with E-state index in [2.05, 4.69) is 10.2 Å². The molecule has 170 valence electrons. The number of fused-ring (bicyclic) bond motifs is 1. The van der Waals surface area contributed by atoms with Crippen molar-refractivity contribution >= 4 is 28.7 Å². The summed E-state index contributed by atoms with van der Waals surface area (Å²) in [6.07, 6.45) is -1.79. The molecular formula is C22H23F3N4O2S. The number of amides is 1. The van der Waals surface area contributed by atoms with E-state index in [1.807, 2.05) is 19.9 Å². The van der Waals surface area contributed by atoms with Gasteiger partial charge < -0.3 is 4.90 Å². The van der Waals surface area contributed by atoms with Crippen molar-refractivity contribution in [2.75, 3.05) is 13.1 Å². The number of halogens is 3. The van der Waals surface area contributed by atoms with Crippen LogP contribution in [-0.2, 0) is 11.0 Å². The lowest BCUT2D eigenvalue weighted by molar-refractivity contribution is -0.137. The molecular weight excluding hydrogens is 441 g/mol. The summed E-state index contributed by atoms with van der Waals surface area (Å²) in [4.78, 5) is 29.0. The highest BCUT2D eigenvalue weighted by molar-refractivity contribution is 7.12. The third kappa shape index (κ3) is 4.55. The number of thiophene rings is 1. The van der Waals surface area contributed by atoms with Gasteiger partial charge in [0, 0.05) is 53.4 Å². The fourth-order valence-electron chi connectivity index (χ4n) is 4.19. The van der Waals surface area contributed by atoms with Gasteiger partial charge in [0.15, 0.2) is 11.4 Å². The molecule has 1 aliphatic heterocycles. The summed E-state index contributed by atoms with van der Waals surface area (Å²) in [5, 5.41) is 8.11. The Morgan fingerprint density at radius 2 is 1.97 bits per heavy atom. The van der Waals surface area contributed by atoms with Crippen molar-refractivity contribution in [3.63, 3.8) is 0 Å². The van der Waals surface area contributed by atoms with Gasteiger partial charge in [-0.2, -0.15) is 13.2 Å². The average Bonchev–Trinajstić information content (AvgIpc) is 3.33. The molecule has 1 aliphatic rings. The summed E-state index contributed by atoms with van der Waals surface area (Å²) >= 11 is 1.56. The number of likely N-dealkylation sites (tertiary alicyclic amines) is 1. The van der Waals surface area contributed by atoms with Crippen LogP contribution in [0, 0.1) is 13.8 Å². The Morgan fingerprint density at radius 3 is 2.66 bits per heavy atom. The van der Waals surface area contributed by atoms with Crippen molar-refractivity contribution in [1.82, 2.24) is 19.5 Å². The number of rotatable bonds is 5. The number of piperidine rings is 1. The number of aromatic nitrogens is 3. The third-order valence-electron chi connectivity index (χ3n) is 5.80. The van der Waals surface area contributed by atoms with Gasteiger partial charge in [-0.3, -0.25) is 14.0 Å². The number of carbonyl (C=O) groups excluding carboxylic acids is 2. The second kappa shape index (κ2) is 8.65. The molecule has 6 nitrogen and oxygen atoms in total. The van der Waals surface area contributed by atoms with Crippen LogP contribution in [0.2, 0.25) is 0 Å². The highest BCUT2D eigenvalue weighted by Crippen LogP contribution is 2.31. The Labute approximate surface area is 187 Å². The van der Waals surface area contributed by atoms with Crippen LogP contribution in [0.4, 0.5) is 13.2 Å². The summed E-state index contributed by atoms with van der Waals surface area (Å²) in [5.41, 5.74) is 0.239. The molecule has 0 radical (unpaired) electrons. The van der Waals surface area contributed by atoms with Gasteiger partial charge in [-0.15, -0.1) is 21.5 Å². The number of ketones is 1. The zero-order chi connectivity index (χ0) is 23.0. The number of hydrogen-bond donors (Lipinski definition) is 0. The van der Waals surface area contributed by atoms with Gasteiger partial charge >= 0.3 is 6.18 Å². The number of hydrogen-bond acceptors (Lipinski definition) is 5. The molecule has 1 saturated heterocycles. The lowest BCUT2D eigenvalue weighted by Crippen LogP contribution is -2.39. The molecule has 3 aromatic heterocycles. The van der Waals surface area contributed by atoms with Crippen LogP contribution < -0.4 is 0 Å². The van der Waals surface area contributed by atoms with Crippen molar-refractivity contribution in [3.8, 4) is 0 Å². The van der Waals surface area contributed by atoms with E-state index in [0.29, 0.717) is 43.0 Å². The van der Waals surface area contributed by atoms with Crippen LogP contribution in [0.25, 0.3) is 5.65 Å². The van der Waals surface area contributed by atoms with Gasteiger partial charge in [0.05, 0.1) is 5.56 Å². The lowest BCUT2D eigenvalue weighted by Gasteiger charge is -2.32. The molecule has 0 aromatic carbocycles. The number of aryl methyl sites for hydroxylation is 2. The molecule has 0 spiro atoms. The Kier molecular flexibility index (Phi) is 6.07. The first-order valence-electron chi connectivity index (χ1n) is 10.4. The maximum atomic E-state index is 13.1. The molecule has 0 N–H and O–H groups in total. The molecule has 4 heterocycles. The fourth-order valence-corrected chi connectivity index (χ4v) is 5.13.